The highest BCUT2D eigenvalue weighted by molar-refractivity contribution is 6.31. The fourth-order valence-corrected chi connectivity index (χ4v) is 4.61. The molecule has 1 unspecified atom stereocenters. The first-order valence-electron chi connectivity index (χ1n) is 10.4. The van der Waals surface area contributed by atoms with Crippen LogP contribution >= 0.6 is 11.6 Å². The van der Waals surface area contributed by atoms with Crippen molar-refractivity contribution in [1.82, 2.24) is 4.90 Å². The van der Waals surface area contributed by atoms with Crippen LogP contribution in [0.25, 0.3) is 0 Å². The number of carbonyl (C=O) groups is 2. The number of aryl methyl sites for hydroxylation is 1. The van der Waals surface area contributed by atoms with Crippen molar-refractivity contribution in [3.63, 3.8) is 0 Å². The van der Waals surface area contributed by atoms with Crippen LogP contribution in [0.2, 0.25) is 5.02 Å². The molecule has 2 fully saturated rings. The van der Waals surface area contributed by atoms with Gasteiger partial charge in [-0.3, -0.25) is 9.59 Å². The lowest BCUT2D eigenvalue weighted by atomic mass is 9.89. The minimum absolute atomic E-state index is 0.00125. The molecule has 0 bridgehead atoms. The molecular weight excluding hydrogens is 384 g/mol. The normalized spacial score (nSPS) is 20.3. The molecule has 2 heterocycles. The van der Waals surface area contributed by atoms with Crippen LogP contribution < -0.4 is 4.90 Å². The summed E-state index contributed by atoms with van der Waals surface area (Å²) >= 11 is 6.10. The van der Waals surface area contributed by atoms with E-state index < -0.39 is 5.92 Å². The molecule has 0 saturated carbocycles. The van der Waals surface area contributed by atoms with E-state index in [4.69, 9.17) is 11.6 Å². The van der Waals surface area contributed by atoms with E-state index >= 15 is 0 Å². The van der Waals surface area contributed by atoms with E-state index in [0.717, 1.165) is 43.6 Å². The van der Waals surface area contributed by atoms with Crippen LogP contribution in [-0.2, 0) is 16.0 Å². The number of piperidine rings is 1. The van der Waals surface area contributed by atoms with Crippen LogP contribution in [0.5, 0.6) is 0 Å². The van der Waals surface area contributed by atoms with Crippen molar-refractivity contribution in [3.8, 4) is 0 Å². The van der Waals surface area contributed by atoms with Crippen molar-refractivity contribution in [2.75, 3.05) is 24.5 Å². The predicted octanol–water partition coefficient (Wildman–Crippen LogP) is 4.48. The minimum atomic E-state index is -0.545. The number of carbonyl (C=O) groups excluding carboxylic acids is 2. The molecule has 0 aromatic heterocycles. The molecule has 2 aliphatic rings. The summed E-state index contributed by atoms with van der Waals surface area (Å²) in [5, 5.41) is 0.686. The van der Waals surface area contributed by atoms with E-state index in [1.165, 1.54) is 5.56 Å². The molecule has 0 aliphatic carbocycles. The Balaban J connectivity index is 1.34. The van der Waals surface area contributed by atoms with Crippen molar-refractivity contribution >= 4 is 29.1 Å². The van der Waals surface area contributed by atoms with Crippen LogP contribution in [0.3, 0.4) is 0 Å². The molecule has 5 heteroatoms. The Bertz CT molecular complexity index is 891. The molecule has 4 nitrogen and oxygen atoms in total. The van der Waals surface area contributed by atoms with E-state index in [1.54, 1.807) is 4.90 Å². The second-order valence-corrected chi connectivity index (χ2v) is 8.63. The van der Waals surface area contributed by atoms with Crippen LogP contribution in [0.1, 0.15) is 30.4 Å². The zero-order valence-electron chi connectivity index (χ0n) is 16.8. The van der Waals surface area contributed by atoms with E-state index in [9.17, 15) is 9.59 Å². The fourth-order valence-electron chi connectivity index (χ4n) is 4.49. The highest BCUT2D eigenvalue weighted by Gasteiger charge is 2.40. The summed E-state index contributed by atoms with van der Waals surface area (Å²) in [4.78, 5) is 29.6. The molecular formula is C24H27ClN2O2. The van der Waals surface area contributed by atoms with Gasteiger partial charge < -0.3 is 9.80 Å². The van der Waals surface area contributed by atoms with Gasteiger partial charge in [0.05, 0.1) is 0 Å². The number of nitrogens with zero attached hydrogens (tertiary/aromatic N) is 2. The predicted molar refractivity (Wildman–Crippen MR) is 116 cm³/mol. The van der Waals surface area contributed by atoms with Crippen molar-refractivity contribution in [2.45, 2.75) is 32.6 Å². The van der Waals surface area contributed by atoms with E-state index in [0.29, 0.717) is 23.9 Å². The summed E-state index contributed by atoms with van der Waals surface area (Å²) in [5.41, 5.74) is 3.12. The third-order valence-electron chi connectivity index (χ3n) is 6.25. The standard InChI is InChI=1S/C24H27ClN2O2/c1-17-15-20(7-8-22(17)25)27-14-11-21(24(27)29)23(28)26-12-9-19(10-13-26)16-18-5-3-2-4-6-18/h2-8,15,19,21H,9-14,16H2,1H3. The van der Waals surface area contributed by atoms with Gasteiger partial charge in [0.15, 0.2) is 0 Å². The highest BCUT2D eigenvalue weighted by Crippen LogP contribution is 2.30. The van der Waals surface area contributed by atoms with Crippen LogP contribution in [0.4, 0.5) is 5.69 Å². The Hall–Kier alpha value is -2.33. The summed E-state index contributed by atoms with van der Waals surface area (Å²) in [6.45, 7) is 4.01. The van der Waals surface area contributed by atoms with Gasteiger partial charge in [-0.05, 0) is 67.9 Å². The molecule has 2 aliphatic heterocycles. The minimum Gasteiger partial charge on any atom is -0.342 e. The number of halogens is 1. The van der Waals surface area contributed by atoms with Gasteiger partial charge in [-0.25, -0.2) is 0 Å². The van der Waals surface area contributed by atoms with Crippen LogP contribution in [0, 0.1) is 18.8 Å². The molecule has 0 N–H and O–H groups in total. The maximum absolute atomic E-state index is 13.0. The summed E-state index contributed by atoms with van der Waals surface area (Å²) in [5.74, 6) is -0.0181. The quantitative estimate of drug-likeness (QED) is 0.697. The first kappa shape index (κ1) is 20.0. The Morgan fingerprint density at radius 1 is 1.03 bits per heavy atom. The van der Waals surface area contributed by atoms with Crippen molar-refractivity contribution < 1.29 is 9.59 Å². The summed E-state index contributed by atoms with van der Waals surface area (Å²) in [7, 11) is 0. The summed E-state index contributed by atoms with van der Waals surface area (Å²) in [6, 6.07) is 16.1. The maximum Gasteiger partial charge on any atom is 0.239 e. The highest BCUT2D eigenvalue weighted by atomic mass is 35.5. The first-order valence-corrected chi connectivity index (χ1v) is 10.8. The van der Waals surface area contributed by atoms with Crippen LogP contribution in [0.15, 0.2) is 48.5 Å². The summed E-state index contributed by atoms with van der Waals surface area (Å²) in [6.07, 6.45) is 3.65. The molecule has 2 saturated heterocycles. The lowest BCUT2D eigenvalue weighted by Crippen LogP contribution is -2.44. The molecule has 4 rings (SSSR count). The molecule has 29 heavy (non-hydrogen) atoms. The molecule has 2 amide bonds. The van der Waals surface area contributed by atoms with Gasteiger partial charge >= 0.3 is 0 Å². The van der Waals surface area contributed by atoms with Gasteiger partial charge in [0, 0.05) is 30.3 Å². The van der Waals surface area contributed by atoms with Gasteiger partial charge in [-0.1, -0.05) is 41.9 Å². The number of rotatable bonds is 4. The molecule has 2 aromatic rings. The van der Waals surface area contributed by atoms with Crippen LogP contribution in [-0.4, -0.2) is 36.3 Å². The fraction of sp³-hybridized carbons (Fsp3) is 0.417. The average Bonchev–Trinajstić information content (AvgIpc) is 3.12. The number of hydrogen-bond donors (Lipinski definition) is 0. The smallest absolute Gasteiger partial charge is 0.239 e. The Labute approximate surface area is 177 Å². The Morgan fingerprint density at radius 3 is 2.45 bits per heavy atom. The van der Waals surface area contributed by atoms with E-state index in [2.05, 4.69) is 24.3 Å². The second kappa shape index (κ2) is 8.58. The van der Waals surface area contributed by atoms with Crippen molar-refractivity contribution in [2.24, 2.45) is 11.8 Å². The molecule has 0 spiro atoms. The van der Waals surface area contributed by atoms with E-state index in [1.807, 2.05) is 36.1 Å². The zero-order chi connectivity index (χ0) is 20.4. The van der Waals surface area contributed by atoms with Gasteiger partial charge in [-0.15, -0.1) is 0 Å². The third-order valence-corrected chi connectivity index (χ3v) is 6.67. The third kappa shape index (κ3) is 4.32. The van der Waals surface area contributed by atoms with Gasteiger partial charge in [-0.2, -0.15) is 0 Å². The first-order chi connectivity index (χ1) is 14.0. The molecule has 2 aromatic carbocycles. The zero-order valence-corrected chi connectivity index (χ0v) is 17.6. The van der Waals surface area contributed by atoms with E-state index in [-0.39, 0.29) is 11.8 Å². The topological polar surface area (TPSA) is 40.6 Å². The second-order valence-electron chi connectivity index (χ2n) is 8.22. The molecule has 1 atom stereocenters. The lowest BCUT2D eigenvalue weighted by Gasteiger charge is -2.33. The molecule has 152 valence electrons. The Morgan fingerprint density at radius 2 is 1.76 bits per heavy atom. The molecule has 0 radical (unpaired) electrons. The number of anilines is 1. The van der Waals surface area contributed by atoms with Gasteiger partial charge in [0.1, 0.15) is 5.92 Å². The largest absolute Gasteiger partial charge is 0.342 e. The van der Waals surface area contributed by atoms with Gasteiger partial charge in [0.25, 0.3) is 0 Å². The average molecular weight is 411 g/mol. The SMILES string of the molecule is Cc1cc(N2CCC(C(=O)N3CCC(Cc4ccccc4)CC3)C2=O)ccc1Cl. The lowest BCUT2D eigenvalue weighted by molar-refractivity contribution is -0.141. The van der Waals surface area contributed by atoms with Crippen molar-refractivity contribution in [1.29, 1.82) is 0 Å². The number of hydrogen-bond acceptors (Lipinski definition) is 2. The Kier molecular flexibility index (Phi) is 5.91. The van der Waals surface area contributed by atoms with Gasteiger partial charge in [0.2, 0.25) is 11.8 Å². The number of likely N-dealkylation sites (tertiary alicyclic amines) is 1. The van der Waals surface area contributed by atoms with Crippen molar-refractivity contribution in [3.05, 3.63) is 64.7 Å². The number of amides is 2. The maximum atomic E-state index is 13.0. The monoisotopic (exact) mass is 410 g/mol. The summed E-state index contributed by atoms with van der Waals surface area (Å²) < 4.78 is 0. The number of benzene rings is 2.